The molecule has 1 unspecified atom stereocenters. The molecule has 1 aliphatic heterocycles. The predicted molar refractivity (Wildman–Crippen MR) is 111 cm³/mol. The van der Waals surface area contributed by atoms with Crippen molar-refractivity contribution in [3.05, 3.63) is 57.0 Å². The average molecular weight is 464 g/mol. The molecule has 150 valence electrons. The third kappa shape index (κ3) is 4.84. The summed E-state index contributed by atoms with van der Waals surface area (Å²) in [5.41, 5.74) is 1.02. The van der Waals surface area contributed by atoms with E-state index in [4.69, 9.17) is 39.5 Å². The number of fused-ring (bicyclic) bond motifs is 1. The Bertz CT molecular complexity index is 1010. The second kappa shape index (κ2) is 8.37. The molecule has 28 heavy (non-hydrogen) atoms. The van der Waals surface area contributed by atoms with Crippen LogP contribution in [-0.4, -0.2) is 33.2 Å². The summed E-state index contributed by atoms with van der Waals surface area (Å²) < 4.78 is 31.3. The average Bonchev–Trinajstić information content (AvgIpc) is 2.79. The van der Waals surface area contributed by atoms with E-state index in [1.54, 1.807) is 30.3 Å². The van der Waals surface area contributed by atoms with Gasteiger partial charge in [-0.15, -0.1) is 0 Å². The number of hydrogen-bond acceptors (Lipinski definition) is 4. The smallest absolute Gasteiger partial charge is 0.261 e. The van der Waals surface area contributed by atoms with E-state index >= 15 is 0 Å². The Balaban J connectivity index is 1.78. The fourth-order valence-corrected chi connectivity index (χ4v) is 4.42. The molecule has 6 nitrogen and oxygen atoms in total. The van der Waals surface area contributed by atoms with E-state index in [1.165, 1.54) is 10.4 Å². The second-order valence-electron chi connectivity index (χ2n) is 6.30. The Kier molecular flexibility index (Phi) is 6.29. The minimum atomic E-state index is -3.56. The number of amides is 1. The van der Waals surface area contributed by atoms with E-state index in [1.807, 2.05) is 0 Å². The van der Waals surface area contributed by atoms with Gasteiger partial charge in [0.05, 0.1) is 11.9 Å². The van der Waals surface area contributed by atoms with Crippen molar-refractivity contribution in [1.29, 1.82) is 0 Å². The molecule has 1 N–H and O–H groups in total. The number of nitrogens with one attached hydrogen (secondary N) is 1. The lowest BCUT2D eigenvalue weighted by molar-refractivity contribution is -0.128. The first kappa shape index (κ1) is 21.0. The van der Waals surface area contributed by atoms with Crippen LogP contribution in [0.3, 0.4) is 0 Å². The van der Waals surface area contributed by atoms with E-state index in [2.05, 4.69) is 5.32 Å². The molecular weight excluding hydrogens is 447 g/mol. The first-order valence-electron chi connectivity index (χ1n) is 8.30. The van der Waals surface area contributed by atoms with Crippen molar-refractivity contribution in [1.82, 2.24) is 5.32 Å². The summed E-state index contributed by atoms with van der Waals surface area (Å²) in [6.07, 6.45) is 0.415. The molecule has 0 saturated heterocycles. The lowest BCUT2D eigenvalue weighted by atomic mass is 10.2. The first-order chi connectivity index (χ1) is 13.1. The van der Waals surface area contributed by atoms with Gasteiger partial charge in [-0.25, -0.2) is 8.42 Å². The molecular formula is C18H17Cl3N2O4S. The molecule has 0 bridgehead atoms. The number of halogens is 3. The lowest BCUT2D eigenvalue weighted by Crippen LogP contribution is -2.39. The standard InChI is InChI=1S/C18H17Cl3N2O4S/c1-28(25,26)23-7-6-17(27-16-5-4-13(20)9-15(16)23)18(24)22-10-11-2-3-12(19)8-14(11)21/h2-5,8-9,17H,6-7,10H2,1H3,(H,22,24). The van der Waals surface area contributed by atoms with Crippen LogP contribution in [0.25, 0.3) is 0 Å². The number of nitrogens with zero attached hydrogens (tertiary/aromatic N) is 1. The van der Waals surface area contributed by atoms with Crippen LogP contribution in [0.15, 0.2) is 36.4 Å². The third-order valence-electron chi connectivity index (χ3n) is 4.21. The van der Waals surface area contributed by atoms with Gasteiger partial charge >= 0.3 is 0 Å². The van der Waals surface area contributed by atoms with Crippen molar-refractivity contribution in [2.24, 2.45) is 0 Å². The van der Waals surface area contributed by atoms with Crippen LogP contribution in [0.4, 0.5) is 5.69 Å². The zero-order chi connectivity index (χ0) is 20.5. The van der Waals surface area contributed by atoms with Crippen molar-refractivity contribution < 1.29 is 17.9 Å². The van der Waals surface area contributed by atoms with Crippen LogP contribution in [0.5, 0.6) is 5.75 Å². The van der Waals surface area contributed by atoms with Gasteiger partial charge in [0, 0.05) is 34.6 Å². The number of sulfonamides is 1. The van der Waals surface area contributed by atoms with Crippen molar-refractivity contribution in [2.75, 3.05) is 17.1 Å². The van der Waals surface area contributed by atoms with Gasteiger partial charge in [-0.05, 0) is 35.9 Å². The molecule has 0 saturated carbocycles. The molecule has 1 amide bonds. The van der Waals surface area contributed by atoms with Crippen LogP contribution in [0.1, 0.15) is 12.0 Å². The van der Waals surface area contributed by atoms with Crippen molar-refractivity contribution in [3.63, 3.8) is 0 Å². The predicted octanol–water partition coefficient (Wildman–Crippen LogP) is 3.88. The van der Waals surface area contributed by atoms with Gasteiger partial charge in [-0.3, -0.25) is 9.10 Å². The fourth-order valence-electron chi connectivity index (χ4n) is 2.84. The molecule has 0 fully saturated rings. The maximum Gasteiger partial charge on any atom is 0.261 e. The zero-order valence-electron chi connectivity index (χ0n) is 14.8. The SMILES string of the molecule is CS(=O)(=O)N1CCC(C(=O)NCc2ccc(Cl)cc2Cl)Oc2ccc(Cl)cc21. The summed E-state index contributed by atoms with van der Waals surface area (Å²) in [6, 6.07) is 9.64. The largest absolute Gasteiger partial charge is 0.478 e. The van der Waals surface area contributed by atoms with E-state index in [0.717, 1.165) is 6.26 Å². The van der Waals surface area contributed by atoms with Gasteiger partial charge in [0.2, 0.25) is 10.0 Å². The highest BCUT2D eigenvalue weighted by Crippen LogP contribution is 2.36. The van der Waals surface area contributed by atoms with Gasteiger partial charge < -0.3 is 10.1 Å². The Morgan fingerprint density at radius 3 is 2.54 bits per heavy atom. The number of rotatable bonds is 4. The summed E-state index contributed by atoms with van der Waals surface area (Å²) in [5, 5.41) is 4.08. The number of hydrogen-bond donors (Lipinski definition) is 1. The van der Waals surface area contributed by atoms with Crippen LogP contribution >= 0.6 is 34.8 Å². The molecule has 2 aromatic carbocycles. The van der Waals surface area contributed by atoms with Gasteiger partial charge in [0.15, 0.2) is 6.10 Å². The number of ether oxygens (including phenoxy) is 1. The zero-order valence-corrected chi connectivity index (χ0v) is 17.9. The quantitative estimate of drug-likeness (QED) is 0.746. The Morgan fingerprint density at radius 1 is 1.18 bits per heavy atom. The maximum absolute atomic E-state index is 12.6. The normalized spacial score (nSPS) is 16.7. The molecule has 1 atom stereocenters. The molecule has 0 aromatic heterocycles. The lowest BCUT2D eigenvalue weighted by Gasteiger charge is -2.21. The Labute approximate surface area is 178 Å². The first-order valence-corrected chi connectivity index (χ1v) is 11.3. The molecule has 10 heteroatoms. The highest BCUT2D eigenvalue weighted by atomic mass is 35.5. The van der Waals surface area contributed by atoms with Crippen LogP contribution in [0, 0.1) is 0 Å². The topological polar surface area (TPSA) is 75.7 Å². The van der Waals surface area contributed by atoms with Gasteiger partial charge in [0.1, 0.15) is 5.75 Å². The molecule has 1 aliphatic rings. The van der Waals surface area contributed by atoms with Crippen LogP contribution < -0.4 is 14.4 Å². The fraction of sp³-hybridized carbons (Fsp3) is 0.278. The highest BCUT2D eigenvalue weighted by Gasteiger charge is 2.31. The molecule has 0 spiro atoms. The van der Waals surface area contributed by atoms with Gasteiger partial charge in [0.25, 0.3) is 5.91 Å². The number of carbonyl (C=O) groups excluding carboxylic acids is 1. The van der Waals surface area contributed by atoms with E-state index in [0.29, 0.717) is 26.3 Å². The molecule has 1 heterocycles. The van der Waals surface area contributed by atoms with E-state index < -0.39 is 16.1 Å². The Hall–Kier alpha value is -1.67. The molecule has 3 rings (SSSR count). The van der Waals surface area contributed by atoms with E-state index in [9.17, 15) is 13.2 Å². The summed E-state index contributed by atoms with van der Waals surface area (Å²) in [6.45, 7) is 0.282. The maximum atomic E-state index is 12.6. The summed E-state index contributed by atoms with van der Waals surface area (Å²) >= 11 is 18.0. The van der Waals surface area contributed by atoms with Gasteiger partial charge in [-0.2, -0.15) is 0 Å². The highest BCUT2D eigenvalue weighted by molar-refractivity contribution is 7.92. The number of benzene rings is 2. The molecule has 0 radical (unpaired) electrons. The van der Waals surface area contributed by atoms with Crippen molar-refractivity contribution >= 4 is 56.4 Å². The molecule has 0 aliphatic carbocycles. The minimum absolute atomic E-state index is 0.0892. The van der Waals surface area contributed by atoms with Crippen LogP contribution in [-0.2, 0) is 21.4 Å². The van der Waals surface area contributed by atoms with E-state index in [-0.39, 0.29) is 31.2 Å². The second-order valence-corrected chi connectivity index (χ2v) is 9.48. The summed E-state index contributed by atoms with van der Waals surface area (Å²) in [5.74, 6) is -0.0979. The van der Waals surface area contributed by atoms with Crippen LogP contribution in [0.2, 0.25) is 15.1 Å². The number of anilines is 1. The summed E-state index contributed by atoms with van der Waals surface area (Å²) in [7, 11) is -3.56. The number of carbonyl (C=O) groups is 1. The minimum Gasteiger partial charge on any atom is -0.478 e. The monoisotopic (exact) mass is 462 g/mol. The summed E-state index contributed by atoms with van der Waals surface area (Å²) in [4.78, 5) is 12.6. The molecule has 2 aromatic rings. The van der Waals surface area contributed by atoms with Gasteiger partial charge in [-0.1, -0.05) is 40.9 Å². The Morgan fingerprint density at radius 2 is 1.86 bits per heavy atom. The van der Waals surface area contributed by atoms with Crippen molar-refractivity contribution in [3.8, 4) is 5.75 Å². The van der Waals surface area contributed by atoms with Crippen molar-refractivity contribution in [2.45, 2.75) is 19.1 Å². The third-order valence-corrected chi connectivity index (χ3v) is 6.22.